The molecule has 9 nitrogen and oxygen atoms in total. The Labute approximate surface area is 208 Å². The highest BCUT2D eigenvalue weighted by atomic mass is 19.4. The minimum atomic E-state index is -6.00. The number of pyridine rings is 3. The number of aliphatic hydroxyl groups is 2. The van der Waals surface area contributed by atoms with E-state index < -0.39 is 64.7 Å². The van der Waals surface area contributed by atoms with Gasteiger partial charge in [-0.2, -0.15) is 22.0 Å². The second kappa shape index (κ2) is 9.50. The molecule has 3 aromatic rings. The fraction of sp³-hybridized carbons (Fsp3) is 0.364. The van der Waals surface area contributed by atoms with Crippen molar-refractivity contribution in [3.8, 4) is 5.82 Å². The Morgan fingerprint density at radius 3 is 2.34 bits per heavy atom. The number of carbonyl (C=O) groups excluding carboxylic acids is 1. The van der Waals surface area contributed by atoms with Crippen LogP contribution in [-0.2, 0) is 0 Å². The van der Waals surface area contributed by atoms with Crippen molar-refractivity contribution in [1.29, 1.82) is 0 Å². The van der Waals surface area contributed by atoms with Gasteiger partial charge in [-0.25, -0.2) is 18.7 Å². The molecule has 16 heteroatoms. The van der Waals surface area contributed by atoms with Crippen LogP contribution in [0.25, 0.3) is 16.9 Å². The van der Waals surface area contributed by atoms with Crippen LogP contribution in [0.4, 0.5) is 36.6 Å². The standard InChI is InChI=1S/C22H18F7N5O4/c1-9(21(25,26)22(27,28)29)31-20(38)12-6-34(19-13(24)4-10(23)5-30-19)18-11(17(12)37)2-3-16(32-18)33-7-14(35)15(36)8-33/h2-6,9,14-15,35-36H,7-8H2,1H3,(H,31,38)/t9?,14-,15-/m1/s1. The maximum atomic E-state index is 14.7. The third-order valence-electron chi connectivity index (χ3n) is 5.95. The number of β-amino-alcohol motifs (C(OH)–C–C–N with tert-alkyl or cyclic N) is 2. The van der Waals surface area contributed by atoms with E-state index in [0.717, 1.165) is 10.6 Å². The number of aromatic nitrogens is 3. The summed E-state index contributed by atoms with van der Waals surface area (Å²) in [5.74, 6) is -9.90. The maximum absolute atomic E-state index is 14.7. The van der Waals surface area contributed by atoms with E-state index in [2.05, 4.69) is 9.97 Å². The van der Waals surface area contributed by atoms with Crippen molar-refractivity contribution in [2.75, 3.05) is 18.0 Å². The molecule has 1 aliphatic rings. The second-order valence-corrected chi connectivity index (χ2v) is 8.60. The molecule has 4 rings (SSSR count). The fourth-order valence-corrected chi connectivity index (χ4v) is 3.84. The molecule has 1 saturated heterocycles. The molecular weight excluding hydrogens is 531 g/mol. The van der Waals surface area contributed by atoms with Gasteiger partial charge < -0.3 is 20.4 Å². The number of amides is 1. The molecule has 38 heavy (non-hydrogen) atoms. The number of hydrogen-bond donors (Lipinski definition) is 3. The van der Waals surface area contributed by atoms with Crippen molar-refractivity contribution in [2.45, 2.75) is 37.3 Å². The molecule has 0 radical (unpaired) electrons. The monoisotopic (exact) mass is 549 g/mol. The summed E-state index contributed by atoms with van der Waals surface area (Å²) in [4.78, 5) is 35.0. The Kier molecular flexibility index (Phi) is 6.82. The topological polar surface area (TPSA) is 121 Å². The van der Waals surface area contributed by atoms with Crippen molar-refractivity contribution >= 4 is 22.8 Å². The van der Waals surface area contributed by atoms with E-state index in [-0.39, 0.29) is 29.9 Å². The summed E-state index contributed by atoms with van der Waals surface area (Å²) in [6.45, 7) is 0.274. The third-order valence-corrected chi connectivity index (χ3v) is 5.95. The Balaban J connectivity index is 1.87. The highest BCUT2D eigenvalue weighted by molar-refractivity contribution is 5.97. The first-order valence-corrected chi connectivity index (χ1v) is 10.9. The van der Waals surface area contributed by atoms with E-state index in [1.807, 2.05) is 0 Å². The maximum Gasteiger partial charge on any atom is 0.455 e. The largest absolute Gasteiger partial charge is 0.455 e. The molecule has 3 atom stereocenters. The van der Waals surface area contributed by atoms with Gasteiger partial charge in [0.15, 0.2) is 17.3 Å². The second-order valence-electron chi connectivity index (χ2n) is 8.60. The zero-order valence-corrected chi connectivity index (χ0v) is 19.2. The van der Waals surface area contributed by atoms with Crippen LogP contribution >= 0.6 is 0 Å². The van der Waals surface area contributed by atoms with Crippen LogP contribution in [0.3, 0.4) is 0 Å². The van der Waals surface area contributed by atoms with Crippen LogP contribution in [0.5, 0.6) is 0 Å². The van der Waals surface area contributed by atoms with E-state index in [1.165, 1.54) is 16.3 Å². The number of anilines is 1. The van der Waals surface area contributed by atoms with Gasteiger partial charge in [-0.15, -0.1) is 0 Å². The van der Waals surface area contributed by atoms with Crippen LogP contribution in [0.2, 0.25) is 0 Å². The quantitative estimate of drug-likeness (QED) is 0.416. The lowest BCUT2D eigenvalue weighted by atomic mass is 10.1. The Hall–Kier alpha value is -3.79. The Morgan fingerprint density at radius 2 is 1.76 bits per heavy atom. The first-order chi connectivity index (χ1) is 17.6. The highest BCUT2D eigenvalue weighted by Crippen LogP contribution is 2.38. The Bertz CT molecular complexity index is 1450. The van der Waals surface area contributed by atoms with Gasteiger partial charge in [0.05, 0.1) is 29.8 Å². The normalized spacial score (nSPS) is 19.2. The summed E-state index contributed by atoms with van der Waals surface area (Å²) in [5.41, 5.74) is -2.43. The number of rotatable bonds is 5. The van der Waals surface area contributed by atoms with E-state index >= 15 is 0 Å². The van der Waals surface area contributed by atoms with Crippen LogP contribution in [0.15, 0.2) is 35.4 Å². The van der Waals surface area contributed by atoms with Gasteiger partial charge in [0.1, 0.15) is 17.2 Å². The van der Waals surface area contributed by atoms with Crippen LogP contribution in [0.1, 0.15) is 17.3 Å². The first-order valence-electron chi connectivity index (χ1n) is 10.9. The molecule has 4 heterocycles. The van der Waals surface area contributed by atoms with Gasteiger partial charge in [0.25, 0.3) is 5.91 Å². The molecule has 3 aromatic heterocycles. The number of carbonyl (C=O) groups is 1. The average Bonchev–Trinajstić information content (AvgIpc) is 3.17. The smallest absolute Gasteiger partial charge is 0.389 e. The molecule has 0 bridgehead atoms. The van der Waals surface area contributed by atoms with Crippen LogP contribution in [-0.4, -0.2) is 74.1 Å². The molecule has 0 spiro atoms. The molecule has 0 saturated carbocycles. The minimum Gasteiger partial charge on any atom is -0.389 e. The minimum absolute atomic E-state index is 0.0567. The van der Waals surface area contributed by atoms with Crippen molar-refractivity contribution in [2.24, 2.45) is 0 Å². The summed E-state index contributed by atoms with van der Waals surface area (Å²) in [7, 11) is 0. The van der Waals surface area contributed by atoms with E-state index in [9.17, 15) is 50.5 Å². The molecule has 204 valence electrons. The van der Waals surface area contributed by atoms with Gasteiger partial charge in [-0.3, -0.25) is 14.2 Å². The highest BCUT2D eigenvalue weighted by Gasteiger charge is 2.61. The predicted octanol–water partition coefficient (Wildman–Crippen LogP) is 1.92. The number of fused-ring (bicyclic) bond motifs is 1. The molecular formula is C22H18F7N5O4. The van der Waals surface area contributed by atoms with Gasteiger partial charge in [-0.05, 0) is 19.1 Å². The van der Waals surface area contributed by atoms with Gasteiger partial charge in [0, 0.05) is 25.4 Å². The molecule has 1 amide bonds. The number of hydrogen-bond acceptors (Lipinski definition) is 7. The molecule has 1 fully saturated rings. The predicted molar refractivity (Wildman–Crippen MR) is 117 cm³/mol. The van der Waals surface area contributed by atoms with Gasteiger partial charge in [0.2, 0.25) is 5.43 Å². The lowest BCUT2D eigenvalue weighted by molar-refractivity contribution is -0.290. The number of aliphatic hydroxyl groups excluding tert-OH is 2. The number of halogens is 7. The molecule has 1 unspecified atom stereocenters. The van der Waals surface area contributed by atoms with Crippen LogP contribution < -0.4 is 15.6 Å². The van der Waals surface area contributed by atoms with Crippen LogP contribution in [0, 0.1) is 11.6 Å². The fourth-order valence-electron chi connectivity index (χ4n) is 3.84. The lowest BCUT2D eigenvalue weighted by Crippen LogP contribution is -2.54. The van der Waals surface area contributed by atoms with E-state index in [0.29, 0.717) is 25.4 Å². The summed E-state index contributed by atoms with van der Waals surface area (Å²) < 4.78 is 94.4. The van der Waals surface area contributed by atoms with Crippen molar-refractivity contribution in [3.05, 3.63) is 58.0 Å². The van der Waals surface area contributed by atoms with E-state index in [4.69, 9.17) is 0 Å². The number of alkyl halides is 5. The average molecular weight is 549 g/mol. The zero-order valence-electron chi connectivity index (χ0n) is 19.2. The first kappa shape index (κ1) is 27.3. The van der Waals surface area contributed by atoms with E-state index in [1.54, 1.807) is 0 Å². The SMILES string of the molecule is CC(NC(=O)c1cn(-c2ncc(F)cc2F)c2nc(N3C[C@@H](O)[C@H](O)C3)ccc2c1=O)C(F)(F)C(F)(F)F. The number of nitrogens with one attached hydrogen (secondary N) is 1. The number of nitrogens with zero attached hydrogens (tertiary/aromatic N) is 4. The summed E-state index contributed by atoms with van der Waals surface area (Å²) >= 11 is 0. The van der Waals surface area contributed by atoms with Crippen molar-refractivity contribution in [3.63, 3.8) is 0 Å². The van der Waals surface area contributed by atoms with Gasteiger partial charge in [-0.1, -0.05) is 0 Å². The molecule has 1 aliphatic heterocycles. The molecule has 3 N–H and O–H groups in total. The van der Waals surface area contributed by atoms with Crippen molar-refractivity contribution < 1.29 is 45.7 Å². The summed E-state index contributed by atoms with van der Waals surface area (Å²) in [5, 5.41) is 20.7. The van der Waals surface area contributed by atoms with Crippen molar-refractivity contribution in [1.82, 2.24) is 19.9 Å². The summed E-state index contributed by atoms with van der Waals surface area (Å²) in [6.07, 6.45) is -7.00. The lowest BCUT2D eigenvalue weighted by Gasteiger charge is -2.26. The Morgan fingerprint density at radius 1 is 1.13 bits per heavy atom. The zero-order chi connectivity index (χ0) is 28.2. The van der Waals surface area contributed by atoms with Gasteiger partial charge >= 0.3 is 12.1 Å². The molecule has 0 aliphatic carbocycles. The third kappa shape index (κ3) is 4.76. The summed E-state index contributed by atoms with van der Waals surface area (Å²) in [6, 6.07) is 0.0250. The molecule has 0 aromatic carbocycles.